The summed E-state index contributed by atoms with van der Waals surface area (Å²) in [7, 11) is -2.55. The normalized spacial score (nSPS) is 14.6. The lowest BCUT2D eigenvalue weighted by Crippen LogP contribution is -2.32. The lowest BCUT2D eigenvalue weighted by molar-refractivity contribution is -0.384. The minimum absolute atomic E-state index is 0.0441. The van der Waals surface area contributed by atoms with Crippen LogP contribution in [0.25, 0.3) is 0 Å². The van der Waals surface area contributed by atoms with Crippen LogP contribution in [0.1, 0.15) is 36.0 Å². The maximum absolute atomic E-state index is 13.2. The average molecular weight is 492 g/mol. The van der Waals surface area contributed by atoms with Crippen LogP contribution < -0.4 is 10.1 Å². The van der Waals surface area contributed by atoms with Crippen molar-refractivity contribution in [2.24, 2.45) is 0 Å². The van der Waals surface area contributed by atoms with Crippen molar-refractivity contribution in [2.75, 3.05) is 32.1 Å². The standard InChI is InChI=1S/C22H25N3O8S/c1-32-19-11-6-16(14-20(19)34(30,31)24-12-4-2-3-5-13-24)22(27)33-15-21(26)23-17-7-9-18(10-8-17)25(28)29/h6-11,14H,2-5,12-13,15H2,1H3,(H,23,26). The van der Waals surface area contributed by atoms with Crippen molar-refractivity contribution in [1.29, 1.82) is 0 Å². The monoisotopic (exact) mass is 491 g/mol. The second-order valence-corrected chi connectivity index (χ2v) is 9.52. The maximum atomic E-state index is 13.2. The van der Waals surface area contributed by atoms with E-state index in [0.29, 0.717) is 18.8 Å². The number of nitro groups is 1. The van der Waals surface area contributed by atoms with E-state index in [2.05, 4.69) is 5.32 Å². The van der Waals surface area contributed by atoms with Gasteiger partial charge in [-0.2, -0.15) is 4.31 Å². The highest BCUT2D eigenvalue weighted by Crippen LogP contribution is 2.29. The van der Waals surface area contributed by atoms with Crippen LogP contribution in [-0.2, 0) is 19.6 Å². The van der Waals surface area contributed by atoms with Gasteiger partial charge in [-0.05, 0) is 43.2 Å². The first-order chi connectivity index (χ1) is 16.2. The molecule has 0 spiro atoms. The van der Waals surface area contributed by atoms with Gasteiger partial charge >= 0.3 is 5.97 Å². The summed E-state index contributed by atoms with van der Waals surface area (Å²) in [6.07, 6.45) is 3.43. The van der Waals surface area contributed by atoms with Gasteiger partial charge in [0.15, 0.2) is 6.61 Å². The molecule has 2 aromatic carbocycles. The van der Waals surface area contributed by atoms with Gasteiger partial charge in [-0.25, -0.2) is 13.2 Å². The quantitative estimate of drug-likeness (QED) is 0.337. The van der Waals surface area contributed by atoms with Gasteiger partial charge in [0.1, 0.15) is 10.6 Å². The average Bonchev–Trinajstić information content (AvgIpc) is 3.13. The molecule has 0 unspecified atom stereocenters. The van der Waals surface area contributed by atoms with Gasteiger partial charge in [0.05, 0.1) is 17.6 Å². The minimum atomic E-state index is -3.89. The van der Waals surface area contributed by atoms with Gasteiger partial charge in [0, 0.05) is 30.9 Å². The van der Waals surface area contributed by atoms with E-state index in [0.717, 1.165) is 25.7 Å². The molecule has 1 aliphatic heterocycles. The van der Waals surface area contributed by atoms with Crippen LogP contribution in [0.4, 0.5) is 11.4 Å². The van der Waals surface area contributed by atoms with Gasteiger partial charge in [0.25, 0.3) is 11.6 Å². The number of amides is 1. The summed E-state index contributed by atoms with van der Waals surface area (Å²) in [5.41, 5.74) is 0.120. The molecule has 182 valence electrons. The zero-order valence-corrected chi connectivity index (χ0v) is 19.4. The Morgan fingerprint density at radius 1 is 1.06 bits per heavy atom. The molecule has 3 rings (SSSR count). The molecule has 11 nitrogen and oxygen atoms in total. The number of non-ortho nitro benzene ring substituents is 1. The Bertz CT molecular complexity index is 1160. The van der Waals surface area contributed by atoms with Gasteiger partial charge < -0.3 is 14.8 Å². The predicted octanol–water partition coefficient (Wildman–Crippen LogP) is 2.96. The van der Waals surface area contributed by atoms with Crippen molar-refractivity contribution in [1.82, 2.24) is 4.31 Å². The van der Waals surface area contributed by atoms with Crippen LogP contribution in [0, 0.1) is 10.1 Å². The van der Waals surface area contributed by atoms with Crippen molar-refractivity contribution >= 4 is 33.3 Å². The molecule has 1 amide bonds. The molecule has 2 aromatic rings. The zero-order valence-electron chi connectivity index (χ0n) is 18.6. The number of rotatable bonds is 8. The van der Waals surface area contributed by atoms with Gasteiger partial charge in [0.2, 0.25) is 10.0 Å². The number of esters is 1. The Balaban J connectivity index is 1.68. The maximum Gasteiger partial charge on any atom is 0.338 e. The number of anilines is 1. The Labute approximate surface area is 196 Å². The molecule has 0 atom stereocenters. The predicted molar refractivity (Wildman–Crippen MR) is 122 cm³/mol. The highest BCUT2D eigenvalue weighted by Gasteiger charge is 2.29. The fraction of sp³-hybridized carbons (Fsp3) is 0.364. The molecule has 1 saturated heterocycles. The van der Waals surface area contributed by atoms with E-state index in [4.69, 9.17) is 9.47 Å². The zero-order chi connectivity index (χ0) is 24.7. The van der Waals surface area contributed by atoms with Crippen molar-refractivity contribution < 1.29 is 32.4 Å². The van der Waals surface area contributed by atoms with E-state index in [1.54, 1.807) is 0 Å². The van der Waals surface area contributed by atoms with Gasteiger partial charge in [-0.15, -0.1) is 0 Å². The van der Waals surface area contributed by atoms with Crippen LogP contribution in [0.3, 0.4) is 0 Å². The minimum Gasteiger partial charge on any atom is -0.495 e. The van der Waals surface area contributed by atoms with Crippen molar-refractivity contribution in [2.45, 2.75) is 30.6 Å². The summed E-state index contributed by atoms with van der Waals surface area (Å²) in [5, 5.41) is 13.1. The van der Waals surface area contributed by atoms with Crippen molar-refractivity contribution in [3.8, 4) is 5.75 Å². The molecular formula is C22H25N3O8S. The number of methoxy groups -OCH3 is 1. The molecule has 0 aromatic heterocycles. The number of ether oxygens (including phenoxy) is 2. The first-order valence-electron chi connectivity index (χ1n) is 10.6. The molecule has 0 saturated carbocycles. The summed E-state index contributed by atoms with van der Waals surface area (Å²) >= 11 is 0. The van der Waals surface area contributed by atoms with E-state index in [-0.39, 0.29) is 21.9 Å². The van der Waals surface area contributed by atoms with E-state index in [1.807, 2.05) is 0 Å². The molecule has 0 aliphatic carbocycles. The summed E-state index contributed by atoms with van der Waals surface area (Å²) in [6, 6.07) is 9.07. The number of nitrogens with zero attached hydrogens (tertiary/aromatic N) is 2. The fourth-order valence-electron chi connectivity index (χ4n) is 3.50. The second kappa shape index (κ2) is 11.1. The van der Waals surface area contributed by atoms with Crippen LogP contribution in [0.5, 0.6) is 5.75 Å². The second-order valence-electron chi connectivity index (χ2n) is 7.61. The SMILES string of the molecule is COc1ccc(C(=O)OCC(=O)Nc2ccc([N+](=O)[O-])cc2)cc1S(=O)(=O)N1CCCCCC1. The first-order valence-corrected chi connectivity index (χ1v) is 12.1. The van der Waals surface area contributed by atoms with Crippen LogP contribution in [0.15, 0.2) is 47.4 Å². The first kappa shape index (κ1) is 25.1. The van der Waals surface area contributed by atoms with E-state index in [1.165, 1.54) is 53.9 Å². The number of carbonyl (C=O) groups excluding carboxylic acids is 2. The fourth-order valence-corrected chi connectivity index (χ4v) is 5.20. The molecule has 1 aliphatic rings. The summed E-state index contributed by atoms with van der Waals surface area (Å²) in [4.78, 5) is 34.6. The Kier molecular flexibility index (Phi) is 8.18. The molecule has 1 fully saturated rings. The van der Waals surface area contributed by atoms with Crippen molar-refractivity contribution in [3.05, 3.63) is 58.1 Å². The third-order valence-electron chi connectivity index (χ3n) is 5.28. The number of hydrogen-bond donors (Lipinski definition) is 1. The number of sulfonamides is 1. The molecule has 12 heteroatoms. The van der Waals surface area contributed by atoms with E-state index < -0.39 is 33.4 Å². The third-order valence-corrected chi connectivity index (χ3v) is 7.20. The molecule has 1 heterocycles. The largest absolute Gasteiger partial charge is 0.495 e. The number of nitro benzene ring substituents is 1. The number of nitrogens with one attached hydrogen (secondary N) is 1. The Morgan fingerprint density at radius 2 is 1.71 bits per heavy atom. The van der Waals surface area contributed by atoms with Crippen molar-refractivity contribution in [3.63, 3.8) is 0 Å². The number of carbonyl (C=O) groups is 2. The molecule has 0 radical (unpaired) electrons. The summed E-state index contributed by atoms with van der Waals surface area (Å²) < 4.78 is 38.1. The summed E-state index contributed by atoms with van der Waals surface area (Å²) in [5.74, 6) is -1.43. The molecule has 34 heavy (non-hydrogen) atoms. The van der Waals surface area contributed by atoms with E-state index >= 15 is 0 Å². The molecule has 0 bridgehead atoms. The van der Waals surface area contributed by atoms with Gasteiger partial charge in [-0.1, -0.05) is 12.8 Å². The molecule has 1 N–H and O–H groups in total. The smallest absolute Gasteiger partial charge is 0.338 e. The lowest BCUT2D eigenvalue weighted by Gasteiger charge is -2.21. The van der Waals surface area contributed by atoms with Crippen LogP contribution in [0.2, 0.25) is 0 Å². The highest BCUT2D eigenvalue weighted by molar-refractivity contribution is 7.89. The van der Waals surface area contributed by atoms with Crippen LogP contribution >= 0.6 is 0 Å². The van der Waals surface area contributed by atoms with Gasteiger partial charge in [-0.3, -0.25) is 14.9 Å². The third kappa shape index (κ3) is 6.08. The van der Waals surface area contributed by atoms with E-state index in [9.17, 15) is 28.1 Å². The Hall–Kier alpha value is -3.51. The Morgan fingerprint density at radius 3 is 2.29 bits per heavy atom. The topological polar surface area (TPSA) is 145 Å². The number of benzene rings is 2. The lowest BCUT2D eigenvalue weighted by atomic mass is 10.2. The molecular weight excluding hydrogens is 466 g/mol. The number of hydrogen-bond acceptors (Lipinski definition) is 8. The van der Waals surface area contributed by atoms with Crippen LogP contribution in [-0.4, -0.2) is 56.3 Å². The summed E-state index contributed by atoms with van der Waals surface area (Å²) in [6.45, 7) is 0.155. The highest BCUT2D eigenvalue weighted by atomic mass is 32.2.